The van der Waals surface area contributed by atoms with E-state index in [-0.39, 0.29) is 19.5 Å². The minimum Gasteiger partial charge on any atom is -0.657 e. The van der Waals surface area contributed by atoms with Crippen molar-refractivity contribution in [3.63, 3.8) is 0 Å². The minimum atomic E-state index is 0. The second-order valence-electron chi connectivity index (χ2n) is 24.5. The fourth-order valence-electron chi connectivity index (χ4n) is 11.8. The number of ether oxygens (including phenoxy) is 4. The number of hydrogen-bond donors (Lipinski definition) is 0. The molecule has 466 valence electrons. The molecule has 0 fully saturated rings. The molecule has 0 atom stereocenters. The molecule has 3 aromatic heterocycles. The molecule has 0 aliphatic carbocycles. The van der Waals surface area contributed by atoms with Crippen molar-refractivity contribution in [3.8, 4) is 67.5 Å². The third-order valence-corrected chi connectivity index (χ3v) is 16.8. The van der Waals surface area contributed by atoms with E-state index in [4.69, 9.17) is 38.9 Å². The van der Waals surface area contributed by atoms with Crippen LogP contribution >= 0.6 is 0 Å². The molecular formula is C78H98N6O4Zn. The molecule has 10 nitrogen and oxygen atoms in total. The van der Waals surface area contributed by atoms with Crippen LogP contribution < -0.4 is 28.9 Å². The molecule has 0 saturated carbocycles. The molecule has 8 bridgehead atoms. The Hall–Kier alpha value is -6.78. The van der Waals surface area contributed by atoms with Crippen LogP contribution in [0.2, 0.25) is 0 Å². The first-order valence-electron chi connectivity index (χ1n) is 33.5. The van der Waals surface area contributed by atoms with Crippen LogP contribution in [0.25, 0.3) is 90.9 Å². The van der Waals surface area contributed by atoms with Crippen molar-refractivity contribution in [2.24, 2.45) is 0 Å². The van der Waals surface area contributed by atoms with Crippen molar-refractivity contribution in [1.29, 1.82) is 0 Å². The zero-order chi connectivity index (χ0) is 61.1. The molecule has 89 heavy (non-hydrogen) atoms. The number of fused-ring (bicyclic) bond motifs is 8. The quantitative estimate of drug-likeness (QED) is 0.0275. The maximum atomic E-state index is 6.37. The fourth-order valence-corrected chi connectivity index (χ4v) is 11.8. The van der Waals surface area contributed by atoms with Gasteiger partial charge in [0.25, 0.3) is 0 Å². The Labute approximate surface area is 545 Å². The molecule has 0 spiro atoms. The summed E-state index contributed by atoms with van der Waals surface area (Å²) in [6.45, 7) is 9.36. The number of nitrogens with zero attached hydrogens (tertiary/aromatic N) is 6. The molecule has 11 heteroatoms. The normalized spacial score (nSPS) is 11.9. The van der Waals surface area contributed by atoms with E-state index in [1.807, 2.05) is 0 Å². The molecule has 2 aliphatic rings. The molecule has 0 N–H and O–H groups in total. The maximum Gasteiger partial charge on any atom is 2.00 e. The summed E-state index contributed by atoms with van der Waals surface area (Å²) in [6, 6.07) is 42.3. The molecule has 5 heterocycles. The van der Waals surface area contributed by atoms with E-state index in [0.717, 1.165) is 164 Å². The van der Waals surface area contributed by atoms with E-state index < -0.39 is 0 Å². The van der Waals surface area contributed by atoms with Crippen LogP contribution in [0.3, 0.4) is 0 Å². The van der Waals surface area contributed by atoms with Gasteiger partial charge in [0.05, 0.1) is 49.2 Å². The van der Waals surface area contributed by atoms with E-state index in [1.165, 1.54) is 103 Å². The third-order valence-electron chi connectivity index (χ3n) is 16.8. The predicted octanol–water partition coefficient (Wildman–Crippen LogP) is 19.8. The van der Waals surface area contributed by atoms with Gasteiger partial charge in [0.2, 0.25) is 0 Å². The van der Waals surface area contributed by atoms with Gasteiger partial charge in [-0.15, -0.1) is 22.1 Å². The molecule has 0 amide bonds. The number of rotatable bonds is 38. The first-order chi connectivity index (χ1) is 43.2. The summed E-state index contributed by atoms with van der Waals surface area (Å²) in [6.07, 6.45) is 35.6. The smallest absolute Gasteiger partial charge is 0.657 e. The zero-order valence-electron chi connectivity index (χ0n) is 54.7. The van der Waals surface area contributed by atoms with Crippen molar-refractivity contribution >= 4 is 46.4 Å². The summed E-state index contributed by atoms with van der Waals surface area (Å²) in [5, 5.41) is 0. The summed E-state index contributed by atoms with van der Waals surface area (Å²) < 4.78 is 25.3. The van der Waals surface area contributed by atoms with Crippen molar-refractivity contribution in [2.75, 3.05) is 67.7 Å². The summed E-state index contributed by atoms with van der Waals surface area (Å²) in [7, 11) is 8.45. The van der Waals surface area contributed by atoms with Crippen LogP contribution in [-0.4, -0.2) is 87.5 Å². The van der Waals surface area contributed by atoms with E-state index in [0.29, 0.717) is 26.4 Å². The van der Waals surface area contributed by atoms with Gasteiger partial charge in [-0.05, 0) is 197 Å². The van der Waals surface area contributed by atoms with Crippen molar-refractivity contribution in [2.45, 2.75) is 155 Å². The number of hydrogen-bond acceptors (Lipinski definition) is 8. The number of benzene rings is 4. The minimum absolute atomic E-state index is 0. The average molecular weight is 1250 g/mol. The zero-order valence-corrected chi connectivity index (χ0v) is 57.6. The maximum absolute atomic E-state index is 6.37. The standard InChI is InChI=1S/C78H98N6O4.Zn/c1-7-9-11-13-15-17-19-21-25-55-85-63-37-29-59(30-38-63)75-67-45-49-71(79-67)77(61-33-41-65(42-34-61)87-57-27-23-53-83(3)4)73-51-47-69(81-73)76(60-31-39-64(40-32-60)86-56-26-22-20-18-16-14-12-10-8-2)70-48-52-74(82-70)78(72-50-46-68(75)80-72)62-35-43-66(44-36-62)88-58-28-24-54-84(5)6;/h29-52H,7-28,53-58H2,1-6H3;/q-2;+2. The third kappa shape index (κ3) is 20.6. The predicted molar refractivity (Wildman–Crippen MR) is 371 cm³/mol. The van der Waals surface area contributed by atoms with Gasteiger partial charge in [0, 0.05) is 0 Å². The Morgan fingerprint density at radius 3 is 0.753 bits per heavy atom. The van der Waals surface area contributed by atoms with Crippen molar-refractivity contribution in [3.05, 3.63) is 144 Å². The first kappa shape index (κ1) is 68.1. The Balaban J connectivity index is 0.0000102. The van der Waals surface area contributed by atoms with Gasteiger partial charge in [0.1, 0.15) is 23.0 Å². The van der Waals surface area contributed by atoms with E-state index >= 15 is 0 Å². The molecule has 0 radical (unpaired) electrons. The summed E-state index contributed by atoms with van der Waals surface area (Å²) >= 11 is 0. The van der Waals surface area contributed by atoms with Gasteiger partial charge >= 0.3 is 19.5 Å². The first-order valence-corrected chi connectivity index (χ1v) is 33.5. The molecule has 4 aromatic carbocycles. The van der Waals surface area contributed by atoms with Crippen LogP contribution in [0.5, 0.6) is 23.0 Å². The van der Waals surface area contributed by atoms with Gasteiger partial charge in [-0.3, -0.25) is 0 Å². The Bertz CT molecular complexity index is 3220. The Kier molecular flexibility index (Phi) is 28.2. The Morgan fingerprint density at radius 1 is 0.292 bits per heavy atom. The van der Waals surface area contributed by atoms with Gasteiger partial charge in [-0.1, -0.05) is 189 Å². The SMILES string of the molecule is CCCCCCCCCCCOc1ccc(-c2c3nc(c(-c4ccc(OCCCCN(C)C)cc4)c4ccc([n-]4)c(-c4ccc(OCCCCCCCCCCC)cc4)c4nc(c(-c5ccc(OCCCCN(C)C)cc5)c5ccc2[n-]5)C=C4)C=C3)cc1.[Zn+2]. The molecule has 7 aromatic rings. The molecular weight excluding hydrogens is 1150 g/mol. The number of aromatic nitrogens is 4. The van der Waals surface area contributed by atoms with Crippen molar-refractivity contribution < 1.29 is 38.4 Å². The van der Waals surface area contributed by atoms with Crippen LogP contribution in [0.1, 0.15) is 178 Å². The average Bonchev–Trinajstić information content (AvgIpc) is 2.28. The van der Waals surface area contributed by atoms with E-state index in [1.54, 1.807) is 0 Å². The van der Waals surface area contributed by atoms with E-state index in [9.17, 15) is 0 Å². The Morgan fingerprint density at radius 2 is 0.517 bits per heavy atom. The molecule has 0 unspecified atom stereocenters. The van der Waals surface area contributed by atoms with Crippen LogP contribution in [0, 0.1) is 0 Å². The summed E-state index contributed by atoms with van der Waals surface area (Å²) in [5.41, 5.74) is 14.1. The van der Waals surface area contributed by atoms with Gasteiger partial charge in [0.15, 0.2) is 0 Å². The summed E-state index contributed by atoms with van der Waals surface area (Å²) in [4.78, 5) is 26.7. The van der Waals surface area contributed by atoms with Gasteiger partial charge in [-0.2, -0.15) is 0 Å². The van der Waals surface area contributed by atoms with Crippen LogP contribution in [0.4, 0.5) is 0 Å². The van der Waals surface area contributed by atoms with Gasteiger partial charge < -0.3 is 38.7 Å². The number of unbranched alkanes of at least 4 members (excludes halogenated alkanes) is 18. The molecule has 2 aliphatic heterocycles. The second kappa shape index (κ2) is 36.8. The van der Waals surface area contributed by atoms with Crippen LogP contribution in [-0.2, 0) is 19.5 Å². The molecule has 0 saturated heterocycles. The molecule has 9 rings (SSSR count). The largest absolute Gasteiger partial charge is 2.00 e. The van der Waals surface area contributed by atoms with E-state index in [2.05, 4.69) is 197 Å². The monoisotopic (exact) mass is 1250 g/mol. The fraction of sp³-hybridized carbons (Fsp3) is 0.436. The van der Waals surface area contributed by atoms with Crippen LogP contribution in [0.15, 0.2) is 121 Å². The summed E-state index contributed by atoms with van der Waals surface area (Å²) in [5.74, 6) is 3.40. The second-order valence-corrected chi connectivity index (χ2v) is 24.5. The van der Waals surface area contributed by atoms with Crippen molar-refractivity contribution in [1.82, 2.24) is 29.7 Å². The topological polar surface area (TPSA) is 97.4 Å². The van der Waals surface area contributed by atoms with Gasteiger partial charge in [-0.25, -0.2) is 9.97 Å².